The van der Waals surface area contributed by atoms with Crippen molar-refractivity contribution in [3.05, 3.63) is 23.2 Å². The third-order valence-corrected chi connectivity index (χ3v) is 3.11. The molecule has 1 heterocycles. The largest absolute Gasteiger partial charge is 0.370 e. The molecule has 0 aliphatic carbocycles. The minimum Gasteiger partial charge on any atom is -0.370 e. The predicted octanol–water partition coefficient (Wildman–Crippen LogP) is 0.686. The molecule has 6 N–H and O–H groups in total. The van der Waals surface area contributed by atoms with E-state index in [0.717, 1.165) is 12.1 Å². The van der Waals surface area contributed by atoms with Crippen LogP contribution < -0.4 is 22.1 Å². The maximum absolute atomic E-state index is 11.7. The highest BCUT2D eigenvalue weighted by Crippen LogP contribution is 2.31. The minimum atomic E-state index is -0.187. The van der Waals surface area contributed by atoms with Crippen LogP contribution in [0.3, 0.4) is 0 Å². The van der Waals surface area contributed by atoms with Crippen LogP contribution in [0.5, 0.6) is 0 Å². The van der Waals surface area contributed by atoms with Gasteiger partial charge in [0, 0.05) is 18.7 Å². The Morgan fingerprint density at radius 2 is 2.05 bits per heavy atom. The van der Waals surface area contributed by atoms with E-state index < -0.39 is 0 Å². The quantitative estimate of drug-likeness (QED) is 0.548. The molecule has 1 aliphatic rings. The normalized spacial score (nSPS) is 15.6. The first-order valence-electron chi connectivity index (χ1n) is 6.01. The van der Waals surface area contributed by atoms with Gasteiger partial charge < -0.3 is 22.1 Å². The van der Waals surface area contributed by atoms with Gasteiger partial charge in [0.15, 0.2) is 5.96 Å². The molecule has 0 saturated carbocycles. The first-order chi connectivity index (χ1) is 9.47. The van der Waals surface area contributed by atoms with Crippen molar-refractivity contribution >= 4 is 40.8 Å². The van der Waals surface area contributed by atoms with Crippen molar-refractivity contribution in [1.82, 2.24) is 0 Å². The zero-order chi connectivity index (χ0) is 14.7. The lowest BCUT2D eigenvalue weighted by Gasteiger charge is -2.16. The summed E-state index contributed by atoms with van der Waals surface area (Å²) in [6.07, 6.45) is 1.40. The number of hydrogen-bond donors (Lipinski definition) is 3. The average molecular weight is 295 g/mol. The molecule has 0 bridgehead atoms. The highest BCUT2D eigenvalue weighted by atomic mass is 35.5. The van der Waals surface area contributed by atoms with Gasteiger partial charge in [0.2, 0.25) is 11.9 Å². The molecule has 1 aliphatic heterocycles. The Morgan fingerprint density at radius 1 is 1.30 bits per heavy atom. The van der Waals surface area contributed by atoms with Gasteiger partial charge in [-0.3, -0.25) is 4.79 Å². The van der Waals surface area contributed by atoms with E-state index in [-0.39, 0.29) is 17.8 Å². The van der Waals surface area contributed by atoms with E-state index in [0.29, 0.717) is 23.7 Å². The second kappa shape index (κ2) is 5.79. The minimum absolute atomic E-state index is 0.0828. The number of carbonyl (C=O) groups excluding carboxylic acids is 1. The third kappa shape index (κ3) is 3.18. The maximum atomic E-state index is 11.7. The van der Waals surface area contributed by atoms with Crippen molar-refractivity contribution in [2.45, 2.75) is 12.8 Å². The fraction of sp³-hybridized carbons (Fsp3) is 0.250. The number of nitrogens with zero attached hydrogens (tertiary/aromatic N) is 3. The van der Waals surface area contributed by atoms with Crippen LogP contribution >= 0.6 is 11.6 Å². The Hall–Kier alpha value is -2.28. The Labute approximate surface area is 121 Å². The zero-order valence-corrected chi connectivity index (χ0v) is 11.5. The topological polar surface area (TPSA) is 123 Å². The summed E-state index contributed by atoms with van der Waals surface area (Å²) >= 11 is 6.04. The molecule has 1 amide bonds. The molecular weight excluding hydrogens is 280 g/mol. The summed E-state index contributed by atoms with van der Waals surface area (Å²) in [4.78, 5) is 21.1. The predicted molar refractivity (Wildman–Crippen MR) is 80.1 cm³/mol. The van der Waals surface area contributed by atoms with Crippen molar-refractivity contribution in [3.8, 4) is 0 Å². The fourth-order valence-corrected chi connectivity index (χ4v) is 2.12. The molecule has 0 radical (unpaired) electrons. The Bertz CT molecular complexity index is 594. The zero-order valence-electron chi connectivity index (χ0n) is 10.7. The summed E-state index contributed by atoms with van der Waals surface area (Å²) in [5.74, 6) is -0.204. The number of aliphatic imine (C=N–C) groups is 2. The molecule has 1 fully saturated rings. The van der Waals surface area contributed by atoms with Crippen LogP contribution in [0.1, 0.15) is 12.8 Å². The maximum Gasteiger partial charge on any atom is 0.227 e. The second-order valence-electron chi connectivity index (χ2n) is 4.29. The van der Waals surface area contributed by atoms with Crippen LogP contribution in [0.4, 0.5) is 11.4 Å². The Kier molecular flexibility index (Phi) is 4.09. The molecule has 0 aromatic heterocycles. The first-order valence-corrected chi connectivity index (χ1v) is 6.39. The van der Waals surface area contributed by atoms with Gasteiger partial charge in [0.25, 0.3) is 0 Å². The number of anilines is 1. The van der Waals surface area contributed by atoms with Crippen LogP contribution in [-0.2, 0) is 4.79 Å². The SMILES string of the molecule is NC(N)=NC(N)=Nc1cc(N2CCCC2=O)ccc1Cl. The molecule has 1 aromatic carbocycles. The molecule has 1 aromatic rings. The molecule has 1 saturated heterocycles. The van der Waals surface area contributed by atoms with Gasteiger partial charge in [0.05, 0.1) is 10.7 Å². The van der Waals surface area contributed by atoms with E-state index in [2.05, 4.69) is 9.98 Å². The molecule has 0 unspecified atom stereocenters. The number of amides is 1. The molecule has 0 spiro atoms. The molecule has 20 heavy (non-hydrogen) atoms. The van der Waals surface area contributed by atoms with Crippen LogP contribution in [0, 0.1) is 0 Å². The summed E-state index contributed by atoms with van der Waals surface area (Å²) in [6.45, 7) is 0.688. The van der Waals surface area contributed by atoms with E-state index in [4.69, 9.17) is 28.8 Å². The number of hydrogen-bond acceptors (Lipinski definition) is 2. The Morgan fingerprint density at radius 3 is 2.65 bits per heavy atom. The van der Waals surface area contributed by atoms with E-state index in [9.17, 15) is 4.79 Å². The van der Waals surface area contributed by atoms with E-state index in [1.807, 2.05) is 0 Å². The fourth-order valence-electron chi connectivity index (χ4n) is 1.96. The van der Waals surface area contributed by atoms with Crippen LogP contribution in [0.2, 0.25) is 5.02 Å². The highest BCUT2D eigenvalue weighted by molar-refractivity contribution is 6.33. The Balaban J connectivity index is 2.34. The average Bonchev–Trinajstić information content (AvgIpc) is 2.77. The second-order valence-corrected chi connectivity index (χ2v) is 4.70. The number of halogens is 1. The number of guanidine groups is 2. The van der Waals surface area contributed by atoms with Crippen molar-refractivity contribution < 1.29 is 4.79 Å². The van der Waals surface area contributed by atoms with Crippen LogP contribution in [-0.4, -0.2) is 24.4 Å². The monoisotopic (exact) mass is 294 g/mol. The van der Waals surface area contributed by atoms with Gasteiger partial charge in [-0.2, -0.15) is 4.99 Å². The molecule has 106 valence electrons. The number of nitrogens with two attached hydrogens (primary N) is 3. The lowest BCUT2D eigenvalue weighted by atomic mass is 10.2. The van der Waals surface area contributed by atoms with Gasteiger partial charge in [0.1, 0.15) is 0 Å². The van der Waals surface area contributed by atoms with Gasteiger partial charge in [-0.25, -0.2) is 4.99 Å². The van der Waals surface area contributed by atoms with E-state index in [1.54, 1.807) is 23.1 Å². The summed E-state index contributed by atoms with van der Waals surface area (Å²) in [6, 6.07) is 5.10. The molecule has 8 heteroatoms. The van der Waals surface area contributed by atoms with Crippen molar-refractivity contribution in [2.75, 3.05) is 11.4 Å². The van der Waals surface area contributed by atoms with E-state index in [1.165, 1.54) is 0 Å². The van der Waals surface area contributed by atoms with Gasteiger partial charge in [-0.05, 0) is 24.6 Å². The lowest BCUT2D eigenvalue weighted by Crippen LogP contribution is -2.26. The standard InChI is InChI=1S/C12H15ClN6O/c13-8-4-3-7(19-5-1-2-10(19)20)6-9(8)17-12(16)18-11(14)15/h3-4,6H,1-2,5H2,(H6,14,15,16,17,18). The molecule has 2 rings (SSSR count). The van der Waals surface area contributed by atoms with Crippen LogP contribution in [0.15, 0.2) is 28.2 Å². The number of benzene rings is 1. The lowest BCUT2D eigenvalue weighted by molar-refractivity contribution is -0.117. The highest BCUT2D eigenvalue weighted by Gasteiger charge is 2.22. The molecule has 0 atom stereocenters. The van der Waals surface area contributed by atoms with Crippen molar-refractivity contribution in [2.24, 2.45) is 27.2 Å². The molecule has 7 nitrogen and oxygen atoms in total. The van der Waals surface area contributed by atoms with Gasteiger partial charge in [-0.1, -0.05) is 11.6 Å². The first kappa shape index (κ1) is 14.1. The summed E-state index contributed by atoms with van der Waals surface area (Å²) in [5, 5.41) is 0.397. The van der Waals surface area contributed by atoms with Crippen LogP contribution in [0.25, 0.3) is 0 Å². The smallest absolute Gasteiger partial charge is 0.227 e. The number of rotatable bonds is 2. The van der Waals surface area contributed by atoms with Gasteiger partial charge in [-0.15, -0.1) is 0 Å². The number of carbonyl (C=O) groups is 1. The third-order valence-electron chi connectivity index (χ3n) is 2.79. The van der Waals surface area contributed by atoms with Crippen molar-refractivity contribution in [3.63, 3.8) is 0 Å². The molecular formula is C12H15ClN6O. The van der Waals surface area contributed by atoms with E-state index >= 15 is 0 Å². The summed E-state index contributed by atoms with van der Waals surface area (Å²) < 4.78 is 0. The summed E-state index contributed by atoms with van der Waals surface area (Å²) in [7, 11) is 0. The van der Waals surface area contributed by atoms with Crippen molar-refractivity contribution in [1.29, 1.82) is 0 Å². The summed E-state index contributed by atoms with van der Waals surface area (Å²) in [5.41, 5.74) is 17.1. The van der Waals surface area contributed by atoms with Gasteiger partial charge >= 0.3 is 0 Å².